The van der Waals surface area contributed by atoms with E-state index < -0.39 is 11.9 Å². The number of nitrogens with zero attached hydrogens (tertiary/aromatic N) is 1. The maximum absolute atomic E-state index is 12.6. The van der Waals surface area contributed by atoms with E-state index in [0.717, 1.165) is 0 Å². The van der Waals surface area contributed by atoms with Crippen LogP contribution in [0.3, 0.4) is 0 Å². The van der Waals surface area contributed by atoms with Crippen molar-refractivity contribution in [3.05, 3.63) is 46.7 Å². The molecule has 3 rings (SSSR count). The minimum Gasteiger partial charge on any atom is -0.468 e. The number of rotatable bonds is 1. The van der Waals surface area contributed by atoms with E-state index in [9.17, 15) is 14.4 Å². The van der Waals surface area contributed by atoms with Crippen LogP contribution in [0.5, 0.6) is 0 Å². The highest BCUT2D eigenvalue weighted by molar-refractivity contribution is 6.28. The third-order valence-electron chi connectivity index (χ3n) is 3.80. The molecular weight excluding hydrogens is 258 g/mol. The second-order valence-corrected chi connectivity index (χ2v) is 4.92. The van der Waals surface area contributed by atoms with Gasteiger partial charge in [-0.05, 0) is 0 Å². The fraction of sp³-hybridized carbons (Fsp3) is 0.267. The molecule has 0 bridgehead atoms. The second kappa shape index (κ2) is 4.30. The largest absolute Gasteiger partial charge is 0.468 e. The van der Waals surface area contributed by atoms with Crippen LogP contribution >= 0.6 is 0 Å². The molecule has 1 atom stereocenters. The molecule has 1 aromatic carbocycles. The number of likely N-dealkylation sites (N-methyl/N-ethyl adjacent to an activating group) is 1. The zero-order valence-electron chi connectivity index (χ0n) is 11.2. The number of ketones is 2. The summed E-state index contributed by atoms with van der Waals surface area (Å²) >= 11 is 0. The first-order valence-corrected chi connectivity index (χ1v) is 6.27. The summed E-state index contributed by atoms with van der Waals surface area (Å²) in [6.07, 6.45) is 0. The van der Waals surface area contributed by atoms with Crippen LogP contribution in [0.4, 0.5) is 0 Å². The topological polar surface area (TPSA) is 63.7 Å². The van der Waals surface area contributed by atoms with Crippen LogP contribution in [0, 0.1) is 5.92 Å². The third-order valence-corrected chi connectivity index (χ3v) is 3.80. The number of methoxy groups -OCH3 is 1. The fourth-order valence-electron chi connectivity index (χ4n) is 2.87. The minimum atomic E-state index is -0.690. The molecule has 0 radical (unpaired) electrons. The van der Waals surface area contributed by atoms with Crippen molar-refractivity contribution < 1.29 is 19.1 Å². The predicted molar refractivity (Wildman–Crippen MR) is 70.3 cm³/mol. The van der Waals surface area contributed by atoms with Crippen molar-refractivity contribution in [3.8, 4) is 0 Å². The summed E-state index contributed by atoms with van der Waals surface area (Å²) in [6.45, 7) is 0.294. The monoisotopic (exact) mass is 271 g/mol. The van der Waals surface area contributed by atoms with Gasteiger partial charge in [-0.1, -0.05) is 24.3 Å². The molecule has 0 aromatic heterocycles. The number of carbonyl (C=O) groups is 3. The van der Waals surface area contributed by atoms with Gasteiger partial charge in [0.25, 0.3) is 0 Å². The Morgan fingerprint density at radius 1 is 1.20 bits per heavy atom. The number of benzene rings is 1. The van der Waals surface area contributed by atoms with E-state index in [-0.39, 0.29) is 17.1 Å². The molecule has 1 aliphatic heterocycles. The summed E-state index contributed by atoms with van der Waals surface area (Å²) in [7, 11) is 2.99. The molecule has 2 aliphatic rings. The van der Waals surface area contributed by atoms with Gasteiger partial charge in [-0.25, -0.2) is 0 Å². The summed E-state index contributed by atoms with van der Waals surface area (Å²) in [5, 5.41) is 0. The Hall–Kier alpha value is -2.43. The van der Waals surface area contributed by atoms with Gasteiger partial charge >= 0.3 is 5.97 Å². The lowest BCUT2D eigenvalue weighted by Crippen LogP contribution is -2.27. The van der Waals surface area contributed by atoms with Gasteiger partial charge in [0.1, 0.15) is 5.92 Å². The number of esters is 1. The molecule has 0 saturated heterocycles. The van der Waals surface area contributed by atoms with Crippen molar-refractivity contribution in [2.24, 2.45) is 5.92 Å². The van der Waals surface area contributed by atoms with E-state index in [1.165, 1.54) is 7.11 Å². The first-order valence-electron chi connectivity index (χ1n) is 6.27. The number of Topliss-reactive ketones (excluding diaryl/α,β-unsaturated/α-hetero) is 2. The lowest BCUT2D eigenvalue weighted by molar-refractivity contribution is -0.143. The molecule has 102 valence electrons. The Bertz CT molecular complexity index is 674. The normalized spacial score (nSPS) is 20.9. The Balaban J connectivity index is 2.19. The highest BCUT2D eigenvalue weighted by Crippen LogP contribution is 2.37. The Morgan fingerprint density at radius 3 is 2.40 bits per heavy atom. The van der Waals surface area contributed by atoms with Gasteiger partial charge in [-0.2, -0.15) is 0 Å². The average Bonchev–Trinajstić information content (AvgIpc) is 2.82. The van der Waals surface area contributed by atoms with Crippen LogP contribution in [0.2, 0.25) is 0 Å². The number of allylic oxidation sites excluding steroid dienone is 1. The van der Waals surface area contributed by atoms with Gasteiger partial charge in [0.2, 0.25) is 5.78 Å². The SMILES string of the molecule is COC(=O)C1CN(C)C2=C1C(=O)c1ccccc1C2=O. The number of fused-ring (bicyclic) bond motifs is 1. The lowest BCUT2D eigenvalue weighted by Gasteiger charge is -2.20. The number of ether oxygens (including phenoxy) is 1. The van der Waals surface area contributed by atoms with Gasteiger partial charge < -0.3 is 9.64 Å². The fourth-order valence-corrected chi connectivity index (χ4v) is 2.87. The van der Waals surface area contributed by atoms with Crippen LogP contribution in [0.15, 0.2) is 35.5 Å². The zero-order valence-corrected chi connectivity index (χ0v) is 11.2. The quantitative estimate of drug-likeness (QED) is 0.714. The zero-order chi connectivity index (χ0) is 14.4. The number of hydrogen-bond donors (Lipinski definition) is 0. The van der Waals surface area contributed by atoms with E-state index in [1.807, 2.05) is 0 Å². The van der Waals surface area contributed by atoms with Crippen molar-refractivity contribution in [2.45, 2.75) is 0 Å². The van der Waals surface area contributed by atoms with Crippen LogP contribution in [0.25, 0.3) is 0 Å². The summed E-state index contributed by atoms with van der Waals surface area (Å²) in [6, 6.07) is 6.69. The maximum Gasteiger partial charge on any atom is 0.315 e. The third kappa shape index (κ3) is 1.52. The number of hydrogen-bond acceptors (Lipinski definition) is 5. The predicted octanol–water partition coefficient (Wildman–Crippen LogP) is 1.05. The van der Waals surface area contributed by atoms with Crippen LogP contribution < -0.4 is 0 Å². The summed E-state index contributed by atoms with van der Waals surface area (Å²) in [5.74, 6) is -1.63. The van der Waals surface area contributed by atoms with Gasteiger partial charge in [0.15, 0.2) is 5.78 Å². The van der Waals surface area contributed by atoms with Crippen molar-refractivity contribution >= 4 is 17.5 Å². The molecule has 1 unspecified atom stereocenters. The molecule has 5 nitrogen and oxygen atoms in total. The second-order valence-electron chi connectivity index (χ2n) is 4.92. The van der Waals surface area contributed by atoms with Crippen LogP contribution in [-0.2, 0) is 9.53 Å². The van der Waals surface area contributed by atoms with Gasteiger partial charge in [0.05, 0.1) is 12.8 Å². The summed E-state index contributed by atoms with van der Waals surface area (Å²) in [5.41, 5.74) is 1.35. The minimum absolute atomic E-state index is 0.205. The Kier molecular flexibility index (Phi) is 2.71. The van der Waals surface area contributed by atoms with E-state index >= 15 is 0 Å². The van der Waals surface area contributed by atoms with E-state index in [0.29, 0.717) is 23.4 Å². The molecule has 20 heavy (non-hydrogen) atoms. The first kappa shape index (κ1) is 12.6. The molecule has 0 spiro atoms. The van der Waals surface area contributed by atoms with E-state index in [4.69, 9.17) is 4.74 Å². The molecule has 0 N–H and O–H groups in total. The average molecular weight is 271 g/mol. The van der Waals surface area contributed by atoms with E-state index in [1.54, 1.807) is 36.2 Å². The van der Waals surface area contributed by atoms with Crippen molar-refractivity contribution in [2.75, 3.05) is 20.7 Å². The van der Waals surface area contributed by atoms with Crippen molar-refractivity contribution in [1.82, 2.24) is 4.90 Å². The van der Waals surface area contributed by atoms with Crippen molar-refractivity contribution in [1.29, 1.82) is 0 Å². The molecule has 1 aliphatic carbocycles. The Morgan fingerprint density at radius 2 is 1.80 bits per heavy atom. The first-order chi connectivity index (χ1) is 9.56. The molecular formula is C15H13NO4. The molecule has 5 heteroatoms. The lowest BCUT2D eigenvalue weighted by atomic mass is 9.83. The van der Waals surface area contributed by atoms with Gasteiger partial charge in [-0.15, -0.1) is 0 Å². The standard InChI is InChI=1S/C15H13NO4/c1-16-7-10(15(19)20-2)11-12(16)14(18)9-6-4-3-5-8(9)13(11)17/h3-6,10H,7H2,1-2H3. The van der Waals surface area contributed by atoms with Crippen LogP contribution in [0.1, 0.15) is 20.7 Å². The summed E-state index contributed by atoms with van der Waals surface area (Å²) in [4.78, 5) is 38.6. The molecule has 1 heterocycles. The molecule has 0 saturated carbocycles. The summed E-state index contributed by atoms with van der Waals surface area (Å²) < 4.78 is 4.74. The molecule has 0 amide bonds. The van der Waals surface area contributed by atoms with Gasteiger partial charge in [-0.3, -0.25) is 14.4 Å². The maximum atomic E-state index is 12.6. The smallest absolute Gasteiger partial charge is 0.315 e. The number of carbonyl (C=O) groups excluding carboxylic acids is 3. The Labute approximate surface area is 115 Å². The molecule has 1 aromatic rings. The van der Waals surface area contributed by atoms with E-state index in [2.05, 4.69) is 0 Å². The van der Waals surface area contributed by atoms with Crippen LogP contribution in [-0.4, -0.2) is 43.1 Å². The molecule has 0 fully saturated rings. The highest BCUT2D eigenvalue weighted by atomic mass is 16.5. The highest BCUT2D eigenvalue weighted by Gasteiger charge is 2.45. The van der Waals surface area contributed by atoms with Gasteiger partial charge in [0, 0.05) is 30.3 Å². The van der Waals surface area contributed by atoms with Crippen molar-refractivity contribution in [3.63, 3.8) is 0 Å².